The number of hydrogen-bond acceptors (Lipinski definition) is 1. The number of benzene rings is 1. The zero-order valence-electron chi connectivity index (χ0n) is 9.72. The van der Waals surface area contributed by atoms with Crippen molar-refractivity contribution >= 4 is 15.9 Å². The molecule has 0 aliphatic rings. The Morgan fingerprint density at radius 3 is 2.44 bits per heavy atom. The third-order valence-corrected chi connectivity index (χ3v) is 3.15. The van der Waals surface area contributed by atoms with Crippen LogP contribution in [-0.4, -0.2) is 9.78 Å². The van der Waals surface area contributed by atoms with Gasteiger partial charge in [-0.1, -0.05) is 17.7 Å². The van der Waals surface area contributed by atoms with Crippen molar-refractivity contribution in [3.05, 3.63) is 45.7 Å². The largest absolute Gasteiger partial charge is 0.434 e. The van der Waals surface area contributed by atoms with E-state index < -0.39 is 11.9 Å². The van der Waals surface area contributed by atoms with Crippen molar-refractivity contribution in [1.82, 2.24) is 9.78 Å². The summed E-state index contributed by atoms with van der Waals surface area (Å²) >= 11 is 2.89. The number of rotatable bonds is 1. The van der Waals surface area contributed by atoms with Gasteiger partial charge in [0.2, 0.25) is 0 Å². The monoisotopic (exact) mass is 318 g/mol. The molecule has 1 aromatic carbocycles. The average molecular weight is 319 g/mol. The van der Waals surface area contributed by atoms with E-state index in [2.05, 4.69) is 21.0 Å². The molecule has 96 valence electrons. The molecule has 2 nitrogen and oxygen atoms in total. The van der Waals surface area contributed by atoms with E-state index in [0.29, 0.717) is 5.69 Å². The third-order valence-electron chi connectivity index (χ3n) is 2.57. The molecule has 0 aliphatic heterocycles. The molecule has 0 radical (unpaired) electrons. The predicted molar refractivity (Wildman–Crippen MR) is 65.7 cm³/mol. The van der Waals surface area contributed by atoms with Crippen LogP contribution >= 0.6 is 15.9 Å². The Balaban J connectivity index is 2.65. The minimum atomic E-state index is -4.45. The van der Waals surface area contributed by atoms with Crippen LogP contribution in [0.5, 0.6) is 0 Å². The molecule has 0 atom stereocenters. The second-order valence-electron chi connectivity index (χ2n) is 4.04. The van der Waals surface area contributed by atoms with Gasteiger partial charge in [0.15, 0.2) is 5.69 Å². The minimum absolute atomic E-state index is 0.0602. The van der Waals surface area contributed by atoms with Crippen LogP contribution in [0.25, 0.3) is 5.69 Å². The lowest BCUT2D eigenvalue weighted by atomic mass is 10.1. The Hall–Kier alpha value is -1.30. The molecule has 0 fully saturated rings. The summed E-state index contributed by atoms with van der Waals surface area (Å²) in [6, 6.07) is 5.22. The highest BCUT2D eigenvalue weighted by molar-refractivity contribution is 9.10. The summed E-state index contributed by atoms with van der Waals surface area (Å²) in [5.74, 6) is 0. The minimum Gasteiger partial charge on any atom is -0.227 e. The van der Waals surface area contributed by atoms with Gasteiger partial charge in [0.05, 0.1) is 16.4 Å². The normalized spacial score (nSPS) is 11.9. The molecular formula is C12H10BrF3N2. The van der Waals surface area contributed by atoms with Crippen LogP contribution in [-0.2, 0) is 6.18 Å². The SMILES string of the molecule is Cc1ccc(-n2ncc(Br)c2C(F)(F)F)c(C)c1. The molecule has 2 rings (SSSR count). The van der Waals surface area contributed by atoms with Crippen molar-refractivity contribution in [3.8, 4) is 5.69 Å². The van der Waals surface area contributed by atoms with Crippen molar-refractivity contribution in [2.75, 3.05) is 0 Å². The van der Waals surface area contributed by atoms with Gasteiger partial charge in [-0.3, -0.25) is 0 Å². The number of halogens is 4. The first-order valence-corrected chi connectivity index (χ1v) is 5.98. The third kappa shape index (κ3) is 2.29. The van der Waals surface area contributed by atoms with Crippen LogP contribution < -0.4 is 0 Å². The molecule has 1 heterocycles. The fourth-order valence-corrected chi connectivity index (χ4v) is 2.29. The average Bonchev–Trinajstić information content (AvgIpc) is 2.59. The highest BCUT2D eigenvalue weighted by Crippen LogP contribution is 2.36. The Morgan fingerprint density at radius 1 is 1.22 bits per heavy atom. The number of hydrogen-bond donors (Lipinski definition) is 0. The van der Waals surface area contributed by atoms with Crippen LogP contribution in [0.2, 0.25) is 0 Å². The lowest BCUT2D eigenvalue weighted by Crippen LogP contribution is -2.14. The van der Waals surface area contributed by atoms with Crippen LogP contribution in [0, 0.1) is 13.8 Å². The van der Waals surface area contributed by atoms with Gasteiger partial charge in [0.1, 0.15) is 0 Å². The van der Waals surface area contributed by atoms with E-state index in [4.69, 9.17) is 0 Å². The Bertz CT molecular complexity index is 587. The first kappa shape index (κ1) is 13.1. The van der Waals surface area contributed by atoms with Gasteiger partial charge in [-0.25, -0.2) is 4.68 Å². The molecule has 0 aliphatic carbocycles. The van der Waals surface area contributed by atoms with Gasteiger partial charge in [-0.05, 0) is 41.4 Å². The first-order chi connectivity index (χ1) is 8.30. The number of alkyl halides is 3. The number of aromatic nitrogens is 2. The van der Waals surface area contributed by atoms with Gasteiger partial charge < -0.3 is 0 Å². The maximum atomic E-state index is 12.9. The van der Waals surface area contributed by atoms with Gasteiger partial charge >= 0.3 is 6.18 Å². The van der Waals surface area contributed by atoms with Crippen molar-refractivity contribution in [2.45, 2.75) is 20.0 Å². The van der Waals surface area contributed by atoms with E-state index in [0.717, 1.165) is 22.0 Å². The molecule has 18 heavy (non-hydrogen) atoms. The van der Waals surface area contributed by atoms with Crippen LogP contribution in [0.15, 0.2) is 28.9 Å². The molecule has 0 saturated carbocycles. The Labute approximate surface area is 111 Å². The summed E-state index contributed by atoms with van der Waals surface area (Å²) in [4.78, 5) is 0. The Morgan fingerprint density at radius 2 is 1.89 bits per heavy atom. The fraction of sp³-hybridized carbons (Fsp3) is 0.250. The van der Waals surface area contributed by atoms with E-state index in [1.165, 1.54) is 0 Å². The van der Waals surface area contributed by atoms with E-state index in [-0.39, 0.29) is 4.47 Å². The van der Waals surface area contributed by atoms with Gasteiger partial charge in [-0.15, -0.1) is 0 Å². The maximum Gasteiger partial charge on any atom is 0.434 e. The lowest BCUT2D eigenvalue weighted by molar-refractivity contribution is -0.143. The zero-order valence-corrected chi connectivity index (χ0v) is 11.3. The van der Waals surface area contributed by atoms with Gasteiger partial charge in [0, 0.05) is 0 Å². The molecule has 0 amide bonds. The summed E-state index contributed by atoms with van der Waals surface area (Å²) in [7, 11) is 0. The molecule has 0 spiro atoms. The highest BCUT2D eigenvalue weighted by Gasteiger charge is 2.38. The second-order valence-corrected chi connectivity index (χ2v) is 4.89. The maximum absolute atomic E-state index is 12.9. The molecule has 0 bridgehead atoms. The molecule has 0 saturated heterocycles. The quantitative estimate of drug-likeness (QED) is 0.767. The first-order valence-electron chi connectivity index (χ1n) is 5.19. The van der Waals surface area contributed by atoms with E-state index >= 15 is 0 Å². The van der Waals surface area contributed by atoms with Crippen molar-refractivity contribution in [1.29, 1.82) is 0 Å². The molecule has 2 aromatic rings. The fourth-order valence-electron chi connectivity index (χ4n) is 1.81. The van der Waals surface area contributed by atoms with Crippen molar-refractivity contribution < 1.29 is 13.2 Å². The van der Waals surface area contributed by atoms with E-state index in [1.807, 2.05) is 13.0 Å². The van der Waals surface area contributed by atoms with E-state index in [1.54, 1.807) is 19.1 Å². The van der Waals surface area contributed by atoms with Crippen LogP contribution in [0.1, 0.15) is 16.8 Å². The second kappa shape index (κ2) is 4.42. The summed E-state index contributed by atoms with van der Waals surface area (Å²) in [6.07, 6.45) is -3.30. The summed E-state index contributed by atoms with van der Waals surface area (Å²) in [5, 5.41) is 3.79. The predicted octanol–water partition coefficient (Wildman–Crippen LogP) is 4.27. The molecule has 6 heteroatoms. The number of nitrogens with zero attached hydrogens (tertiary/aromatic N) is 2. The van der Waals surface area contributed by atoms with Crippen LogP contribution in [0.3, 0.4) is 0 Å². The Kier molecular flexibility index (Phi) is 3.23. The molecule has 1 aromatic heterocycles. The molecule has 0 N–H and O–H groups in total. The number of aryl methyl sites for hydroxylation is 2. The van der Waals surface area contributed by atoms with Crippen LogP contribution in [0.4, 0.5) is 13.2 Å². The summed E-state index contributed by atoms with van der Waals surface area (Å²) in [6.45, 7) is 3.65. The van der Waals surface area contributed by atoms with Gasteiger partial charge in [-0.2, -0.15) is 18.3 Å². The molecule has 0 unspecified atom stereocenters. The van der Waals surface area contributed by atoms with Crippen molar-refractivity contribution in [3.63, 3.8) is 0 Å². The highest BCUT2D eigenvalue weighted by atomic mass is 79.9. The van der Waals surface area contributed by atoms with E-state index in [9.17, 15) is 13.2 Å². The summed E-state index contributed by atoms with van der Waals surface area (Å²) < 4.78 is 39.7. The smallest absolute Gasteiger partial charge is 0.227 e. The topological polar surface area (TPSA) is 17.8 Å². The summed E-state index contributed by atoms with van der Waals surface area (Å²) in [5.41, 5.74) is 1.38. The van der Waals surface area contributed by atoms with Crippen molar-refractivity contribution in [2.24, 2.45) is 0 Å². The van der Waals surface area contributed by atoms with Gasteiger partial charge in [0.25, 0.3) is 0 Å². The lowest BCUT2D eigenvalue weighted by Gasteiger charge is -2.13. The standard InChI is InChI=1S/C12H10BrF3N2/c1-7-3-4-10(8(2)5-7)18-11(12(14,15)16)9(13)6-17-18/h3-6H,1-2H3. The zero-order chi connectivity index (χ0) is 13.5. The molecular weight excluding hydrogens is 309 g/mol.